The molecule has 96 valence electrons. The van der Waals surface area contributed by atoms with Crippen molar-refractivity contribution in [1.82, 2.24) is 0 Å². The molecule has 18 heavy (non-hydrogen) atoms. The third-order valence-corrected chi connectivity index (χ3v) is 3.52. The van der Waals surface area contributed by atoms with Gasteiger partial charge < -0.3 is 10.5 Å². The number of nitrogens with two attached hydrogens (primary N) is 1. The van der Waals surface area contributed by atoms with Crippen LogP contribution in [0.1, 0.15) is 11.1 Å². The molecule has 0 aliphatic heterocycles. The topological polar surface area (TPSA) is 35.2 Å². The van der Waals surface area contributed by atoms with E-state index in [0.717, 1.165) is 12.0 Å². The van der Waals surface area contributed by atoms with E-state index in [2.05, 4.69) is 11.4 Å². The Morgan fingerprint density at radius 2 is 2.06 bits per heavy atom. The van der Waals surface area contributed by atoms with Crippen molar-refractivity contribution >= 4 is 11.3 Å². The van der Waals surface area contributed by atoms with Crippen molar-refractivity contribution in [3.63, 3.8) is 0 Å². The van der Waals surface area contributed by atoms with Crippen LogP contribution in [0.25, 0.3) is 0 Å². The summed E-state index contributed by atoms with van der Waals surface area (Å²) < 4.78 is 18.4. The van der Waals surface area contributed by atoms with Gasteiger partial charge in [-0.2, -0.15) is 11.3 Å². The molecule has 0 bridgehead atoms. The summed E-state index contributed by atoms with van der Waals surface area (Å²) in [5.41, 5.74) is 8.21. The molecule has 0 amide bonds. The molecule has 0 aliphatic rings. The van der Waals surface area contributed by atoms with Gasteiger partial charge >= 0.3 is 0 Å². The van der Waals surface area contributed by atoms with Gasteiger partial charge in [0.05, 0.1) is 7.11 Å². The van der Waals surface area contributed by atoms with E-state index in [1.165, 1.54) is 18.7 Å². The van der Waals surface area contributed by atoms with Crippen molar-refractivity contribution in [3.05, 3.63) is 52.0 Å². The third-order valence-electron chi connectivity index (χ3n) is 2.79. The van der Waals surface area contributed by atoms with Gasteiger partial charge in [0, 0.05) is 6.04 Å². The Morgan fingerprint density at radius 1 is 1.28 bits per heavy atom. The van der Waals surface area contributed by atoms with Crippen LogP contribution >= 0.6 is 11.3 Å². The van der Waals surface area contributed by atoms with E-state index in [9.17, 15) is 4.39 Å². The number of hydrogen-bond donors (Lipinski definition) is 1. The minimum Gasteiger partial charge on any atom is -0.494 e. The molecule has 1 unspecified atom stereocenters. The van der Waals surface area contributed by atoms with Gasteiger partial charge in [-0.05, 0) is 52.9 Å². The predicted octanol–water partition coefficient (Wildman–Crippen LogP) is 3.01. The molecule has 1 aromatic heterocycles. The molecule has 2 rings (SSSR count). The molecule has 2 nitrogen and oxygen atoms in total. The van der Waals surface area contributed by atoms with E-state index in [-0.39, 0.29) is 17.6 Å². The van der Waals surface area contributed by atoms with Crippen LogP contribution in [0.2, 0.25) is 0 Å². The van der Waals surface area contributed by atoms with E-state index in [0.29, 0.717) is 6.42 Å². The van der Waals surface area contributed by atoms with Gasteiger partial charge in [-0.1, -0.05) is 6.07 Å². The molecule has 0 saturated heterocycles. The Balaban J connectivity index is 1.98. The molecular weight excluding hydrogens is 249 g/mol. The zero-order valence-electron chi connectivity index (χ0n) is 10.2. The first-order valence-corrected chi connectivity index (χ1v) is 6.72. The molecule has 0 aliphatic carbocycles. The maximum atomic E-state index is 13.5. The first kappa shape index (κ1) is 13.1. The lowest BCUT2D eigenvalue weighted by molar-refractivity contribution is 0.386. The summed E-state index contributed by atoms with van der Waals surface area (Å²) in [6, 6.07) is 7.07. The van der Waals surface area contributed by atoms with Gasteiger partial charge in [-0.15, -0.1) is 0 Å². The maximum absolute atomic E-state index is 13.5. The van der Waals surface area contributed by atoms with Gasteiger partial charge in [0.15, 0.2) is 11.6 Å². The predicted molar refractivity (Wildman–Crippen MR) is 72.7 cm³/mol. The van der Waals surface area contributed by atoms with Crippen molar-refractivity contribution in [2.45, 2.75) is 18.9 Å². The average Bonchev–Trinajstić information content (AvgIpc) is 2.82. The fraction of sp³-hybridized carbons (Fsp3) is 0.286. The average molecular weight is 265 g/mol. The van der Waals surface area contributed by atoms with E-state index in [4.69, 9.17) is 10.5 Å². The van der Waals surface area contributed by atoms with Gasteiger partial charge in [-0.25, -0.2) is 4.39 Å². The first-order valence-electron chi connectivity index (χ1n) is 5.78. The van der Waals surface area contributed by atoms with Crippen LogP contribution in [0, 0.1) is 5.82 Å². The maximum Gasteiger partial charge on any atom is 0.165 e. The van der Waals surface area contributed by atoms with Crippen LogP contribution < -0.4 is 10.5 Å². The van der Waals surface area contributed by atoms with Crippen LogP contribution in [-0.4, -0.2) is 13.2 Å². The molecule has 0 fully saturated rings. The Morgan fingerprint density at radius 3 is 2.67 bits per heavy atom. The van der Waals surface area contributed by atoms with Crippen LogP contribution in [0.4, 0.5) is 4.39 Å². The SMILES string of the molecule is COc1ccc(CC(N)Cc2ccsc2)cc1F. The quantitative estimate of drug-likeness (QED) is 0.902. The summed E-state index contributed by atoms with van der Waals surface area (Å²) >= 11 is 1.66. The zero-order chi connectivity index (χ0) is 13.0. The highest BCUT2D eigenvalue weighted by Gasteiger charge is 2.08. The number of ether oxygens (including phenoxy) is 1. The Hall–Kier alpha value is -1.39. The minimum atomic E-state index is -0.335. The van der Waals surface area contributed by atoms with Gasteiger partial charge in [0.25, 0.3) is 0 Å². The molecular formula is C14H16FNOS. The first-order chi connectivity index (χ1) is 8.69. The molecule has 1 atom stereocenters. The normalized spacial score (nSPS) is 12.4. The fourth-order valence-corrected chi connectivity index (χ4v) is 2.60. The van der Waals surface area contributed by atoms with Crippen LogP contribution in [0.15, 0.2) is 35.0 Å². The molecule has 0 radical (unpaired) electrons. The summed E-state index contributed by atoms with van der Waals surface area (Å²) in [7, 11) is 1.46. The van der Waals surface area contributed by atoms with Gasteiger partial charge in [0.2, 0.25) is 0 Å². The summed E-state index contributed by atoms with van der Waals surface area (Å²) in [4.78, 5) is 0. The number of benzene rings is 1. The number of thiophene rings is 1. The van der Waals surface area contributed by atoms with E-state index in [1.807, 2.05) is 11.4 Å². The van der Waals surface area contributed by atoms with Gasteiger partial charge in [0.1, 0.15) is 0 Å². The molecule has 2 N–H and O–H groups in total. The summed E-state index contributed by atoms with van der Waals surface area (Å²) in [6.07, 6.45) is 1.48. The van der Waals surface area contributed by atoms with Crippen LogP contribution in [0.3, 0.4) is 0 Å². The summed E-state index contributed by atoms with van der Waals surface area (Å²) in [6.45, 7) is 0. The minimum absolute atomic E-state index is 0.00685. The number of hydrogen-bond acceptors (Lipinski definition) is 3. The van der Waals surface area contributed by atoms with Crippen molar-refractivity contribution in [2.75, 3.05) is 7.11 Å². The number of rotatable bonds is 5. The van der Waals surface area contributed by atoms with E-state index < -0.39 is 0 Å². The van der Waals surface area contributed by atoms with E-state index >= 15 is 0 Å². The van der Waals surface area contributed by atoms with Crippen molar-refractivity contribution in [3.8, 4) is 5.75 Å². The van der Waals surface area contributed by atoms with Crippen molar-refractivity contribution in [2.24, 2.45) is 5.73 Å². The Bertz CT molecular complexity index is 499. The lowest BCUT2D eigenvalue weighted by Crippen LogP contribution is -2.25. The Labute approximate surface area is 110 Å². The van der Waals surface area contributed by atoms with Crippen molar-refractivity contribution < 1.29 is 9.13 Å². The monoisotopic (exact) mass is 265 g/mol. The van der Waals surface area contributed by atoms with Crippen LogP contribution in [-0.2, 0) is 12.8 Å². The third kappa shape index (κ3) is 3.31. The van der Waals surface area contributed by atoms with Gasteiger partial charge in [-0.3, -0.25) is 0 Å². The lowest BCUT2D eigenvalue weighted by Gasteiger charge is -2.11. The number of halogens is 1. The molecule has 1 aromatic carbocycles. The van der Waals surface area contributed by atoms with E-state index in [1.54, 1.807) is 17.4 Å². The molecule has 1 heterocycles. The lowest BCUT2D eigenvalue weighted by atomic mass is 10.0. The summed E-state index contributed by atoms with van der Waals surface area (Å²) in [5, 5.41) is 4.13. The second-order valence-corrected chi connectivity index (χ2v) is 5.05. The molecule has 2 aromatic rings. The highest BCUT2D eigenvalue weighted by molar-refractivity contribution is 7.07. The second-order valence-electron chi connectivity index (χ2n) is 4.27. The smallest absolute Gasteiger partial charge is 0.165 e. The highest BCUT2D eigenvalue weighted by atomic mass is 32.1. The second kappa shape index (κ2) is 5.98. The fourth-order valence-electron chi connectivity index (χ4n) is 1.92. The van der Waals surface area contributed by atoms with Crippen molar-refractivity contribution in [1.29, 1.82) is 0 Å². The zero-order valence-corrected chi connectivity index (χ0v) is 11.0. The number of methoxy groups -OCH3 is 1. The molecule has 4 heteroatoms. The Kier molecular flexibility index (Phi) is 4.33. The standard InChI is InChI=1S/C14H16FNOS/c1-17-14-3-2-10(8-13(14)15)6-12(16)7-11-4-5-18-9-11/h2-5,8-9,12H,6-7,16H2,1H3. The van der Waals surface area contributed by atoms with Crippen LogP contribution in [0.5, 0.6) is 5.75 Å². The molecule has 0 saturated carbocycles. The largest absolute Gasteiger partial charge is 0.494 e. The summed E-state index contributed by atoms with van der Waals surface area (Å²) in [5.74, 6) is -0.0668. The molecule has 0 spiro atoms. The highest BCUT2D eigenvalue weighted by Crippen LogP contribution is 2.19.